The summed E-state index contributed by atoms with van der Waals surface area (Å²) >= 11 is 0. The molecule has 0 atom stereocenters. The van der Waals surface area contributed by atoms with Gasteiger partial charge in [-0.15, -0.1) is 4.99 Å². The van der Waals surface area contributed by atoms with Gasteiger partial charge in [-0.05, 0) is 25.0 Å². The van der Waals surface area contributed by atoms with Gasteiger partial charge in [-0.3, -0.25) is 0 Å². The van der Waals surface area contributed by atoms with Crippen LogP contribution in [0.4, 0.5) is 4.79 Å². The first-order valence-electron chi connectivity index (χ1n) is 8.58. The monoisotopic (exact) mass is 381 g/mol. The third-order valence-electron chi connectivity index (χ3n) is 4.32. The van der Waals surface area contributed by atoms with E-state index < -0.39 is 11.5 Å². The molecular formula is C18H19N7O3. The topological polar surface area (TPSA) is 162 Å². The van der Waals surface area contributed by atoms with Crippen molar-refractivity contribution in [1.29, 1.82) is 5.26 Å². The zero-order chi connectivity index (χ0) is 20.0. The van der Waals surface area contributed by atoms with Crippen LogP contribution in [-0.2, 0) is 11.3 Å². The van der Waals surface area contributed by atoms with E-state index in [4.69, 9.17) is 20.9 Å². The van der Waals surface area contributed by atoms with Crippen molar-refractivity contribution in [2.45, 2.75) is 25.9 Å². The third-order valence-corrected chi connectivity index (χ3v) is 4.32. The van der Waals surface area contributed by atoms with Crippen molar-refractivity contribution in [1.82, 2.24) is 15.0 Å². The smallest absolute Gasteiger partial charge is 0.437 e. The van der Waals surface area contributed by atoms with Crippen molar-refractivity contribution in [2.24, 2.45) is 21.9 Å². The van der Waals surface area contributed by atoms with Gasteiger partial charge < -0.3 is 20.9 Å². The van der Waals surface area contributed by atoms with E-state index in [1.54, 1.807) is 30.6 Å². The van der Waals surface area contributed by atoms with Gasteiger partial charge in [0.1, 0.15) is 13.2 Å². The van der Waals surface area contributed by atoms with E-state index in [2.05, 4.69) is 26.0 Å². The number of hydrogen-bond acceptors (Lipinski definition) is 7. The normalized spacial score (nSPS) is 14.2. The van der Waals surface area contributed by atoms with Crippen LogP contribution in [0.25, 0.3) is 11.3 Å². The molecular weight excluding hydrogens is 362 g/mol. The first kappa shape index (κ1) is 19.0. The number of hydrogen-bond donors (Lipinski definition) is 2. The van der Waals surface area contributed by atoms with E-state index in [0.29, 0.717) is 17.0 Å². The molecule has 1 saturated carbocycles. The van der Waals surface area contributed by atoms with Crippen LogP contribution >= 0.6 is 0 Å². The highest BCUT2D eigenvalue weighted by Gasteiger charge is 2.38. The highest BCUT2D eigenvalue weighted by Crippen LogP contribution is 2.40. The van der Waals surface area contributed by atoms with Gasteiger partial charge >= 0.3 is 12.1 Å². The second kappa shape index (κ2) is 8.30. The quantitative estimate of drug-likeness (QED) is 0.557. The van der Waals surface area contributed by atoms with Crippen LogP contribution in [-0.4, -0.2) is 33.6 Å². The molecule has 0 unspecified atom stereocenters. The molecule has 0 radical (unpaired) electrons. The Kier molecular flexibility index (Phi) is 5.64. The number of aromatic nitrogens is 3. The molecule has 2 heterocycles. The number of carbonyl (C=O) groups excluding carboxylic acids is 1. The third kappa shape index (κ3) is 4.70. The number of rotatable bonds is 6. The van der Waals surface area contributed by atoms with Crippen LogP contribution in [0.5, 0.6) is 6.01 Å². The average molecular weight is 381 g/mol. The van der Waals surface area contributed by atoms with E-state index >= 15 is 0 Å². The fourth-order valence-corrected chi connectivity index (χ4v) is 2.61. The summed E-state index contributed by atoms with van der Waals surface area (Å²) in [5, 5.41) is 9.22. The molecule has 10 nitrogen and oxygen atoms in total. The first-order chi connectivity index (χ1) is 13.5. The SMILES string of the molecule is N#CC1(COc2ncc(-c3cccc(COC(=O)N=C(N)N)n3)cn2)CCC1. The maximum Gasteiger partial charge on any atom is 0.437 e. The van der Waals surface area contributed by atoms with Gasteiger partial charge in [0.05, 0.1) is 22.9 Å². The molecule has 2 aromatic rings. The van der Waals surface area contributed by atoms with Crippen molar-refractivity contribution in [3.63, 3.8) is 0 Å². The summed E-state index contributed by atoms with van der Waals surface area (Å²) in [6, 6.07) is 7.77. The summed E-state index contributed by atoms with van der Waals surface area (Å²) in [6.07, 6.45) is 5.00. The van der Waals surface area contributed by atoms with Crippen LogP contribution < -0.4 is 16.2 Å². The number of guanidine groups is 1. The minimum absolute atomic E-state index is 0.0816. The summed E-state index contributed by atoms with van der Waals surface area (Å²) in [5.74, 6) is -0.371. The summed E-state index contributed by atoms with van der Waals surface area (Å²) in [7, 11) is 0. The lowest BCUT2D eigenvalue weighted by Gasteiger charge is -2.34. The van der Waals surface area contributed by atoms with E-state index in [1.807, 2.05) is 0 Å². The molecule has 2 aromatic heterocycles. The molecule has 1 amide bonds. The van der Waals surface area contributed by atoms with Crippen molar-refractivity contribution in [3.05, 3.63) is 36.3 Å². The van der Waals surface area contributed by atoms with Crippen LogP contribution in [0.2, 0.25) is 0 Å². The molecule has 0 spiro atoms. The molecule has 0 saturated heterocycles. The second-order valence-electron chi connectivity index (χ2n) is 6.39. The minimum atomic E-state index is -0.890. The Morgan fingerprint density at radius 3 is 2.64 bits per heavy atom. The number of pyridine rings is 1. The van der Waals surface area contributed by atoms with E-state index in [9.17, 15) is 10.1 Å². The Labute approximate surface area is 161 Å². The summed E-state index contributed by atoms with van der Waals surface area (Å²) < 4.78 is 10.5. The number of nitrogens with zero attached hydrogens (tertiary/aromatic N) is 5. The highest BCUT2D eigenvalue weighted by atomic mass is 16.5. The molecule has 1 aliphatic carbocycles. The number of ether oxygens (including phenoxy) is 2. The number of carbonyl (C=O) groups is 1. The predicted octanol–water partition coefficient (Wildman–Crippen LogP) is 1.52. The second-order valence-corrected chi connectivity index (χ2v) is 6.39. The fraction of sp³-hybridized carbons (Fsp3) is 0.333. The van der Waals surface area contributed by atoms with Gasteiger partial charge in [-0.25, -0.2) is 19.7 Å². The maximum atomic E-state index is 11.3. The molecule has 4 N–H and O–H groups in total. The van der Waals surface area contributed by atoms with Gasteiger partial charge in [0.15, 0.2) is 5.96 Å². The fourth-order valence-electron chi connectivity index (χ4n) is 2.61. The number of nitriles is 1. The standard InChI is InChI=1S/C18H19N7O3/c19-10-18(5-2-6-18)11-28-16-22-7-12(8-23-16)14-4-1-3-13(24-14)9-27-17(26)25-15(20)21/h1,3-4,7-8H,2,5-6,9,11H2,(H4,20,21,25,26). The lowest BCUT2D eigenvalue weighted by atomic mass is 9.71. The van der Waals surface area contributed by atoms with Crippen molar-refractivity contribution in [3.8, 4) is 23.3 Å². The Morgan fingerprint density at radius 1 is 1.29 bits per heavy atom. The van der Waals surface area contributed by atoms with Gasteiger partial charge in [0.2, 0.25) is 0 Å². The van der Waals surface area contributed by atoms with Crippen LogP contribution in [0.15, 0.2) is 35.6 Å². The predicted molar refractivity (Wildman–Crippen MR) is 98.6 cm³/mol. The van der Waals surface area contributed by atoms with Gasteiger partial charge in [-0.2, -0.15) is 5.26 Å². The van der Waals surface area contributed by atoms with E-state index in [-0.39, 0.29) is 25.2 Å². The molecule has 144 valence electrons. The molecule has 10 heteroatoms. The zero-order valence-electron chi connectivity index (χ0n) is 15.0. The molecule has 0 aromatic carbocycles. The van der Waals surface area contributed by atoms with Gasteiger partial charge in [0.25, 0.3) is 0 Å². The lowest BCUT2D eigenvalue weighted by Crippen LogP contribution is -2.34. The van der Waals surface area contributed by atoms with Crippen molar-refractivity contribution < 1.29 is 14.3 Å². The Morgan fingerprint density at radius 2 is 2.04 bits per heavy atom. The van der Waals surface area contributed by atoms with Crippen LogP contribution in [0, 0.1) is 16.7 Å². The summed E-state index contributed by atoms with van der Waals surface area (Å²) in [4.78, 5) is 27.4. The van der Waals surface area contributed by atoms with Crippen molar-refractivity contribution in [2.75, 3.05) is 6.61 Å². The number of aliphatic imine (C=N–C) groups is 1. The van der Waals surface area contributed by atoms with Gasteiger partial charge in [-0.1, -0.05) is 12.5 Å². The maximum absolute atomic E-state index is 11.3. The molecule has 0 aliphatic heterocycles. The Balaban J connectivity index is 1.61. The van der Waals surface area contributed by atoms with Crippen molar-refractivity contribution >= 4 is 12.1 Å². The van der Waals surface area contributed by atoms with Gasteiger partial charge in [0, 0.05) is 18.0 Å². The van der Waals surface area contributed by atoms with Crippen LogP contribution in [0.3, 0.4) is 0 Å². The average Bonchev–Trinajstić information content (AvgIpc) is 2.66. The summed E-state index contributed by atoms with van der Waals surface area (Å²) in [5.41, 5.74) is 11.6. The molecule has 0 bridgehead atoms. The molecule has 28 heavy (non-hydrogen) atoms. The largest absolute Gasteiger partial charge is 0.462 e. The highest BCUT2D eigenvalue weighted by molar-refractivity contribution is 5.87. The lowest BCUT2D eigenvalue weighted by molar-refractivity contribution is 0.108. The molecule has 1 fully saturated rings. The summed E-state index contributed by atoms with van der Waals surface area (Å²) in [6.45, 7) is 0.208. The van der Waals surface area contributed by atoms with E-state index in [1.165, 1.54) is 0 Å². The molecule has 1 aliphatic rings. The Hall–Kier alpha value is -3.74. The molecule has 3 rings (SSSR count). The van der Waals surface area contributed by atoms with E-state index in [0.717, 1.165) is 19.3 Å². The Bertz CT molecular complexity index is 914. The van der Waals surface area contributed by atoms with Crippen LogP contribution in [0.1, 0.15) is 25.0 Å². The first-order valence-corrected chi connectivity index (χ1v) is 8.58. The number of nitrogens with two attached hydrogens (primary N) is 2. The minimum Gasteiger partial charge on any atom is -0.462 e. The number of amides is 1. The zero-order valence-corrected chi connectivity index (χ0v) is 15.0.